The first-order chi connectivity index (χ1) is 7.31. The molecule has 0 amide bonds. The lowest BCUT2D eigenvalue weighted by atomic mass is 10.3. The van der Waals surface area contributed by atoms with Crippen LogP contribution in [-0.4, -0.2) is 9.55 Å². The summed E-state index contributed by atoms with van der Waals surface area (Å²) in [5.74, 6) is 0.901. The molecule has 0 bridgehead atoms. The molecule has 0 aliphatic rings. The second-order valence-electron chi connectivity index (χ2n) is 3.18. The van der Waals surface area contributed by atoms with Gasteiger partial charge in [0.1, 0.15) is 5.82 Å². The number of hydrogen-bond acceptors (Lipinski definition) is 2. The first-order valence-corrected chi connectivity index (χ1v) is 5.57. The summed E-state index contributed by atoms with van der Waals surface area (Å²) in [6, 6.07) is 2.12. The predicted molar refractivity (Wildman–Crippen MR) is 73.8 cm³/mol. The zero-order chi connectivity index (χ0) is 10.7. The van der Waals surface area contributed by atoms with Gasteiger partial charge in [-0.15, -0.1) is 23.7 Å². The van der Waals surface area contributed by atoms with E-state index in [0.717, 1.165) is 5.82 Å². The Morgan fingerprint density at radius 1 is 1.44 bits per heavy atom. The topological polar surface area (TPSA) is 17.8 Å². The molecule has 2 aromatic heterocycles. The van der Waals surface area contributed by atoms with Crippen LogP contribution in [0.2, 0.25) is 0 Å². The third-order valence-corrected chi connectivity index (χ3v) is 3.16. The molecule has 0 aliphatic heterocycles. The second kappa shape index (κ2) is 5.68. The first-order valence-electron chi connectivity index (χ1n) is 4.69. The molecule has 0 aliphatic carbocycles. The minimum atomic E-state index is 0. The van der Waals surface area contributed by atoms with Crippen molar-refractivity contribution >= 4 is 42.1 Å². The van der Waals surface area contributed by atoms with Crippen LogP contribution in [0.5, 0.6) is 0 Å². The van der Waals surface area contributed by atoms with E-state index in [2.05, 4.69) is 36.0 Å². The molecule has 2 aromatic rings. The molecule has 0 spiro atoms. The van der Waals surface area contributed by atoms with Gasteiger partial charge in [-0.3, -0.25) is 0 Å². The van der Waals surface area contributed by atoms with Gasteiger partial charge in [-0.05, 0) is 36.1 Å². The van der Waals surface area contributed by atoms with E-state index in [9.17, 15) is 0 Å². The van der Waals surface area contributed by atoms with Crippen LogP contribution in [0.15, 0.2) is 30.4 Å². The maximum Gasteiger partial charge on any atom is 0.136 e. The van der Waals surface area contributed by atoms with Crippen LogP contribution in [0.25, 0.3) is 18.4 Å². The van der Waals surface area contributed by atoms with Crippen molar-refractivity contribution in [1.82, 2.24) is 9.55 Å². The minimum absolute atomic E-state index is 0. The van der Waals surface area contributed by atoms with Crippen LogP contribution in [0.4, 0.5) is 0 Å². The van der Waals surface area contributed by atoms with Crippen molar-refractivity contribution in [2.24, 2.45) is 0 Å². The molecule has 0 atom stereocenters. The standard InChI is InChI=1S/C12H12N2S.ClH/c1-3-14-8-7-13-12(14)5-4-11-10(2)6-9-15-11;/h3-9H,1H2,2H3;1H. The molecule has 4 heteroatoms. The Labute approximate surface area is 105 Å². The largest absolute Gasteiger partial charge is 0.308 e. The summed E-state index contributed by atoms with van der Waals surface area (Å²) < 4.78 is 1.89. The van der Waals surface area contributed by atoms with E-state index < -0.39 is 0 Å². The molecule has 0 saturated heterocycles. The van der Waals surface area contributed by atoms with E-state index in [1.54, 1.807) is 23.7 Å². The van der Waals surface area contributed by atoms with Crippen LogP contribution in [0.3, 0.4) is 0 Å². The molecule has 2 rings (SSSR count). The van der Waals surface area contributed by atoms with Crippen molar-refractivity contribution in [1.29, 1.82) is 0 Å². The smallest absolute Gasteiger partial charge is 0.136 e. The van der Waals surface area contributed by atoms with Crippen LogP contribution < -0.4 is 0 Å². The Morgan fingerprint density at radius 2 is 2.25 bits per heavy atom. The first kappa shape index (κ1) is 12.7. The molecule has 0 N–H and O–H groups in total. The third-order valence-electron chi connectivity index (χ3n) is 2.18. The van der Waals surface area contributed by atoms with Gasteiger partial charge in [0, 0.05) is 23.5 Å². The summed E-state index contributed by atoms with van der Waals surface area (Å²) in [7, 11) is 0. The van der Waals surface area contributed by atoms with Gasteiger partial charge in [0.25, 0.3) is 0 Å². The van der Waals surface area contributed by atoms with Gasteiger partial charge < -0.3 is 4.57 Å². The molecular formula is C12H13ClN2S. The Bertz CT molecular complexity index is 497. The van der Waals surface area contributed by atoms with Crippen LogP contribution in [0, 0.1) is 6.92 Å². The quantitative estimate of drug-likeness (QED) is 0.809. The number of hydrogen-bond donors (Lipinski definition) is 0. The molecule has 16 heavy (non-hydrogen) atoms. The predicted octanol–water partition coefficient (Wildman–Crippen LogP) is 3.95. The molecule has 0 saturated carbocycles. The van der Waals surface area contributed by atoms with Crippen molar-refractivity contribution < 1.29 is 0 Å². The molecule has 0 fully saturated rings. The molecule has 0 unspecified atom stereocenters. The number of halogens is 1. The average Bonchev–Trinajstić information content (AvgIpc) is 2.83. The monoisotopic (exact) mass is 252 g/mol. The molecule has 84 valence electrons. The maximum atomic E-state index is 4.23. The molecule has 2 heterocycles. The number of rotatable bonds is 3. The molecule has 2 nitrogen and oxygen atoms in total. The molecule has 0 aromatic carbocycles. The fourth-order valence-corrected chi connectivity index (χ4v) is 2.13. The molecule has 0 radical (unpaired) electrons. The Kier molecular flexibility index (Phi) is 4.52. The maximum absolute atomic E-state index is 4.23. The van der Waals surface area contributed by atoms with Crippen molar-refractivity contribution in [3.63, 3.8) is 0 Å². The van der Waals surface area contributed by atoms with Crippen LogP contribution in [-0.2, 0) is 0 Å². The lowest BCUT2D eigenvalue weighted by Crippen LogP contribution is -1.86. The highest BCUT2D eigenvalue weighted by molar-refractivity contribution is 7.11. The van der Waals surface area contributed by atoms with Gasteiger partial charge in [-0.1, -0.05) is 6.58 Å². The third kappa shape index (κ3) is 2.62. The minimum Gasteiger partial charge on any atom is -0.308 e. The van der Waals surface area contributed by atoms with Crippen molar-refractivity contribution in [3.05, 3.63) is 46.7 Å². The normalized spacial score (nSPS) is 10.3. The lowest BCUT2D eigenvalue weighted by molar-refractivity contribution is 1.11. The molecular weight excluding hydrogens is 240 g/mol. The van der Waals surface area contributed by atoms with Crippen molar-refractivity contribution in [2.75, 3.05) is 0 Å². The van der Waals surface area contributed by atoms with E-state index in [1.165, 1.54) is 10.4 Å². The van der Waals surface area contributed by atoms with E-state index in [-0.39, 0.29) is 12.4 Å². The summed E-state index contributed by atoms with van der Waals surface area (Å²) in [6.45, 7) is 5.83. The van der Waals surface area contributed by atoms with E-state index in [1.807, 2.05) is 16.8 Å². The summed E-state index contributed by atoms with van der Waals surface area (Å²) in [5, 5.41) is 2.09. The second-order valence-corrected chi connectivity index (χ2v) is 4.12. The highest BCUT2D eigenvalue weighted by Crippen LogP contribution is 2.18. The van der Waals surface area contributed by atoms with Crippen molar-refractivity contribution in [3.8, 4) is 0 Å². The zero-order valence-electron chi connectivity index (χ0n) is 8.96. The Hall–Kier alpha value is -1.32. The lowest BCUT2D eigenvalue weighted by Gasteiger charge is -1.94. The summed E-state index contributed by atoms with van der Waals surface area (Å²) in [5.41, 5.74) is 1.30. The van der Waals surface area contributed by atoms with Crippen LogP contribution >= 0.6 is 23.7 Å². The highest BCUT2D eigenvalue weighted by Gasteiger charge is 1.97. The summed E-state index contributed by atoms with van der Waals surface area (Å²) in [6.07, 6.45) is 9.48. The van der Waals surface area contributed by atoms with Crippen LogP contribution in [0.1, 0.15) is 16.3 Å². The summed E-state index contributed by atoms with van der Waals surface area (Å²) in [4.78, 5) is 5.50. The Balaban J connectivity index is 0.00000128. The average molecular weight is 253 g/mol. The Morgan fingerprint density at radius 3 is 2.88 bits per heavy atom. The van der Waals surface area contributed by atoms with Gasteiger partial charge in [0.05, 0.1) is 0 Å². The van der Waals surface area contributed by atoms with Gasteiger partial charge in [-0.2, -0.15) is 0 Å². The van der Waals surface area contributed by atoms with Gasteiger partial charge >= 0.3 is 0 Å². The number of thiophene rings is 1. The number of aryl methyl sites for hydroxylation is 1. The fourth-order valence-electron chi connectivity index (χ4n) is 1.31. The number of imidazole rings is 1. The summed E-state index contributed by atoms with van der Waals surface area (Å²) >= 11 is 1.74. The van der Waals surface area contributed by atoms with E-state index in [4.69, 9.17) is 0 Å². The van der Waals surface area contributed by atoms with Gasteiger partial charge in [0.15, 0.2) is 0 Å². The van der Waals surface area contributed by atoms with E-state index >= 15 is 0 Å². The van der Waals surface area contributed by atoms with Gasteiger partial charge in [-0.25, -0.2) is 4.98 Å². The number of nitrogens with zero attached hydrogens (tertiary/aromatic N) is 2. The van der Waals surface area contributed by atoms with Gasteiger partial charge in [0.2, 0.25) is 0 Å². The highest BCUT2D eigenvalue weighted by atomic mass is 35.5. The number of aromatic nitrogens is 2. The SMILES string of the molecule is C=Cn1ccnc1C=Cc1sccc1C.Cl. The zero-order valence-corrected chi connectivity index (χ0v) is 10.6. The van der Waals surface area contributed by atoms with E-state index in [0.29, 0.717) is 0 Å². The van der Waals surface area contributed by atoms with Crippen molar-refractivity contribution in [2.45, 2.75) is 6.92 Å². The fraction of sp³-hybridized carbons (Fsp3) is 0.0833.